The maximum absolute atomic E-state index is 5.93. The molecule has 33 heavy (non-hydrogen) atoms. The zero-order valence-corrected chi connectivity index (χ0v) is 19.6. The molecule has 1 unspecified atom stereocenters. The second kappa shape index (κ2) is 9.55. The fourth-order valence-corrected chi connectivity index (χ4v) is 4.77. The molecule has 1 aromatic carbocycles. The lowest BCUT2D eigenvalue weighted by Gasteiger charge is -2.12. The van der Waals surface area contributed by atoms with Crippen LogP contribution in [-0.2, 0) is 0 Å². The van der Waals surface area contributed by atoms with E-state index in [4.69, 9.17) is 9.15 Å². The van der Waals surface area contributed by atoms with Crippen molar-refractivity contribution in [3.05, 3.63) is 72.2 Å². The van der Waals surface area contributed by atoms with Crippen molar-refractivity contribution < 1.29 is 9.15 Å². The van der Waals surface area contributed by atoms with Crippen LogP contribution in [0.1, 0.15) is 25.0 Å². The summed E-state index contributed by atoms with van der Waals surface area (Å²) in [7, 11) is 0. The van der Waals surface area contributed by atoms with Gasteiger partial charge in [0.2, 0.25) is 5.89 Å². The van der Waals surface area contributed by atoms with Crippen LogP contribution in [0.5, 0.6) is 5.75 Å². The highest BCUT2D eigenvalue weighted by Gasteiger charge is 2.23. The van der Waals surface area contributed by atoms with Gasteiger partial charge in [-0.05, 0) is 61.7 Å². The topological polar surface area (TPSA) is 91.8 Å². The Labute approximate surface area is 198 Å². The van der Waals surface area contributed by atoms with Crippen molar-refractivity contribution in [3.8, 4) is 33.6 Å². The maximum atomic E-state index is 5.93. The van der Waals surface area contributed by atoms with Crippen LogP contribution in [-0.4, -0.2) is 36.6 Å². The molecule has 0 amide bonds. The average molecular weight is 477 g/mol. The molecule has 166 valence electrons. The van der Waals surface area contributed by atoms with Crippen LogP contribution < -0.4 is 4.74 Å². The molecule has 0 fully saturated rings. The van der Waals surface area contributed by atoms with E-state index in [2.05, 4.69) is 25.4 Å². The van der Waals surface area contributed by atoms with E-state index in [1.54, 1.807) is 23.7 Å². The summed E-state index contributed by atoms with van der Waals surface area (Å²) in [5.41, 5.74) is 1.79. The zero-order valence-electron chi connectivity index (χ0n) is 18.0. The normalized spacial score (nSPS) is 12.1. The Bertz CT molecular complexity index is 1320. The summed E-state index contributed by atoms with van der Waals surface area (Å²) >= 11 is 3.07. The number of hydrogen-bond donors (Lipinski definition) is 0. The monoisotopic (exact) mass is 476 g/mol. The van der Waals surface area contributed by atoms with Gasteiger partial charge in [-0.15, -0.1) is 31.7 Å². The lowest BCUT2D eigenvalue weighted by atomic mass is 10.2. The minimum Gasteiger partial charge on any atom is -0.494 e. The van der Waals surface area contributed by atoms with Crippen LogP contribution in [0.3, 0.4) is 0 Å². The van der Waals surface area contributed by atoms with E-state index in [0.29, 0.717) is 29.4 Å². The molecule has 8 nitrogen and oxygen atoms in total. The fourth-order valence-electron chi connectivity index (χ4n) is 3.23. The quantitative estimate of drug-likeness (QED) is 0.264. The van der Waals surface area contributed by atoms with Gasteiger partial charge in [-0.25, -0.2) is 0 Å². The van der Waals surface area contributed by atoms with Crippen molar-refractivity contribution in [2.45, 2.75) is 24.3 Å². The Balaban J connectivity index is 1.49. The number of ether oxygens (including phenoxy) is 1. The van der Waals surface area contributed by atoms with Gasteiger partial charge in [-0.1, -0.05) is 17.8 Å². The molecule has 10 heteroatoms. The third kappa shape index (κ3) is 4.53. The number of benzene rings is 1. The average Bonchev–Trinajstić information content (AvgIpc) is 3.61. The van der Waals surface area contributed by atoms with E-state index in [9.17, 15) is 0 Å². The summed E-state index contributed by atoms with van der Waals surface area (Å²) in [4.78, 5) is 5.19. The Hall–Kier alpha value is -3.50. The minimum atomic E-state index is -0.126. The summed E-state index contributed by atoms with van der Waals surface area (Å²) < 4.78 is 13.5. The van der Waals surface area contributed by atoms with Gasteiger partial charge in [0, 0.05) is 23.6 Å². The van der Waals surface area contributed by atoms with Gasteiger partial charge in [-0.2, -0.15) is 0 Å². The first-order valence-electron chi connectivity index (χ1n) is 10.4. The number of thioether (sulfide) groups is 1. The number of nitrogens with zero attached hydrogens (tertiary/aromatic N) is 6. The van der Waals surface area contributed by atoms with E-state index >= 15 is 0 Å². The van der Waals surface area contributed by atoms with Crippen LogP contribution >= 0.6 is 23.1 Å². The molecule has 0 aliphatic carbocycles. The molecular weight excluding hydrogens is 456 g/mol. The van der Waals surface area contributed by atoms with E-state index in [1.807, 2.05) is 72.3 Å². The summed E-state index contributed by atoms with van der Waals surface area (Å²) in [5, 5.41) is 20.0. The Morgan fingerprint density at radius 3 is 2.67 bits per heavy atom. The molecule has 5 rings (SSSR count). The largest absolute Gasteiger partial charge is 0.494 e. The number of hydrogen-bond acceptors (Lipinski definition) is 9. The second-order valence-electron chi connectivity index (χ2n) is 6.99. The third-order valence-corrected chi connectivity index (χ3v) is 6.65. The van der Waals surface area contributed by atoms with E-state index in [-0.39, 0.29) is 5.25 Å². The number of rotatable bonds is 8. The maximum Gasteiger partial charge on any atom is 0.257 e. The van der Waals surface area contributed by atoms with Gasteiger partial charge in [0.1, 0.15) is 5.75 Å². The molecule has 0 saturated heterocycles. The lowest BCUT2D eigenvalue weighted by Crippen LogP contribution is -2.01. The minimum absolute atomic E-state index is 0.126. The first-order chi connectivity index (χ1) is 16.2. The predicted octanol–water partition coefficient (Wildman–Crippen LogP) is 5.69. The molecule has 0 saturated carbocycles. The molecule has 0 radical (unpaired) electrons. The fraction of sp³-hybridized carbons (Fsp3) is 0.174. The molecule has 0 bridgehead atoms. The van der Waals surface area contributed by atoms with Gasteiger partial charge in [-0.3, -0.25) is 9.55 Å². The van der Waals surface area contributed by atoms with Crippen LogP contribution in [0, 0.1) is 0 Å². The number of pyridine rings is 1. The van der Waals surface area contributed by atoms with Gasteiger partial charge in [0.25, 0.3) is 5.89 Å². The molecule has 4 aromatic heterocycles. The highest BCUT2D eigenvalue weighted by Crippen LogP contribution is 2.37. The molecule has 5 aromatic rings. The van der Waals surface area contributed by atoms with Gasteiger partial charge < -0.3 is 9.15 Å². The van der Waals surface area contributed by atoms with Crippen LogP contribution in [0.2, 0.25) is 0 Å². The molecule has 1 atom stereocenters. The third-order valence-electron chi connectivity index (χ3n) is 4.76. The van der Waals surface area contributed by atoms with Gasteiger partial charge in [0.05, 0.1) is 16.7 Å². The SMILES string of the molecule is CCOc1ccc(-n2c(SC(C)c3nnc(-c4cccs4)o3)nnc2-c2cccnc2)cc1. The smallest absolute Gasteiger partial charge is 0.257 e. The van der Waals surface area contributed by atoms with E-state index in [1.165, 1.54) is 11.8 Å². The molecular formula is C23H20N6O2S2. The van der Waals surface area contributed by atoms with Crippen LogP contribution in [0.25, 0.3) is 27.8 Å². The second-order valence-corrected chi connectivity index (χ2v) is 9.25. The zero-order chi connectivity index (χ0) is 22.6. The van der Waals surface area contributed by atoms with Crippen LogP contribution in [0.15, 0.2) is 75.9 Å². The Morgan fingerprint density at radius 1 is 1.06 bits per heavy atom. The Morgan fingerprint density at radius 2 is 1.94 bits per heavy atom. The highest BCUT2D eigenvalue weighted by atomic mass is 32.2. The first-order valence-corrected chi connectivity index (χ1v) is 12.1. The van der Waals surface area contributed by atoms with E-state index < -0.39 is 0 Å². The summed E-state index contributed by atoms with van der Waals surface area (Å²) in [6.07, 6.45) is 3.51. The van der Waals surface area contributed by atoms with Crippen molar-refractivity contribution >= 4 is 23.1 Å². The van der Waals surface area contributed by atoms with Gasteiger partial charge >= 0.3 is 0 Å². The van der Waals surface area contributed by atoms with Crippen molar-refractivity contribution in [1.29, 1.82) is 0 Å². The summed E-state index contributed by atoms with van der Waals surface area (Å²) in [6, 6.07) is 15.6. The van der Waals surface area contributed by atoms with Crippen molar-refractivity contribution in [1.82, 2.24) is 29.9 Å². The van der Waals surface area contributed by atoms with Crippen molar-refractivity contribution in [2.24, 2.45) is 0 Å². The van der Waals surface area contributed by atoms with Crippen LogP contribution in [0.4, 0.5) is 0 Å². The molecule has 0 aliphatic rings. The molecule has 4 heterocycles. The molecule has 0 spiro atoms. The first kappa shape index (κ1) is 21.4. The summed E-state index contributed by atoms with van der Waals surface area (Å²) in [6.45, 7) is 4.59. The predicted molar refractivity (Wildman–Crippen MR) is 128 cm³/mol. The van der Waals surface area contributed by atoms with Crippen molar-refractivity contribution in [3.63, 3.8) is 0 Å². The van der Waals surface area contributed by atoms with Gasteiger partial charge in [0.15, 0.2) is 11.0 Å². The Kier molecular flexibility index (Phi) is 6.18. The lowest BCUT2D eigenvalue weighted by molar-refractivity contribution is 0.340. The van der Waals surface area contributed by atoms with Crippen molar-refractivity contribution in [2.75, 3.05) is 6.61 Å². The standard InChI is InChI=1S/C23H20N6O2S2/c1-3-30-18-10-8-17(9-11-18)29-20(16-6-4-12-24-14-16)25-28-23(29)33-15(2)21-26-27-22(31-21)19-7-5-13-32-19/h4-15H,3H2,1-2H3. The number of aromatic nitrogens is 6. The van der Waals surface area contributed by atoms with E-state index in [0.717, 1.165) is 21.9 Å². The molecule has 0 N–H and O–H groups in total. The molecule has 0 aliphatic heterocycles. The summed E-state index contributed by atoms with van der Waals surface area (Å²) in [5.74, 6) is 2.57. The highest BCUT2D eigenvalue weighted by molar-refractivity contribution is 7.99. The number of thiophene rings is 1.